The van der Waals surface area contributed by atoms with Crippen molar-refractivity contribution in [1.29, 1.82) is 0 Å². The van der Waals surface area contributed by atoms with Crippen LogP contribution in [0.15, 0.2) is 85.2 Å². The number of nitrogens with one attached hydrogen (secondary N) is 3. The zero-order valence-corrected chi connectivity index (χ0v) is 18.2. The predicted octanol–water partition coefficient (Wildman–Crippen LogP) is 4.11. The van der Waals surface area contributed by atoms with Crippen molar-refractivity contribution in [2.24, 2.45) is 0 Å². The Kier molecular flexibility index (Phi) is 6.68. The van der Waals surface area contributed by atoms with Crippen LogP contribution in [0, 0.1) is 17.0 Å². The van der Waals surface area contributed by atoms with E-state index in [-0.39, 0.29) is 11.6 Å². The fraction of sp³-hybridized carbons (Fsp3) is 0.0833. The van der Waals surface area contributed by atoms with E-state index in [0.29, 0.717) is 5.82 Å². The van der Waals surface area contributed by atoms with Crippen LogP contribution < -0.4 is 16.2 Å². The summed E-state index contributed by atoms with van der Waals surface area (Å²) < 4.78 is 0. The molecule has 4 aromatic rings. The lowest BCUT2D eigenvalue weighted by atomic mass is 9.91. The summed E-state index contributed by atoms with van der Waals surface area (Å²) in [5.41, 5.74) is 7.02. The van der Waals surface area contributed by atoms with Gasteiger partial charge in [0.05, 0.1) is 10.8 Å². The maximum atomic E-state index is 13.2. The largest absolute Gasteiger partial charge is 0.355 e. The van der Waals surface area contributed by atoms with E-state index in [4.69, 9.17) is 0 Å². The van der Waals surface area contributed by atoms with E-state index < -0.39 is 22.4 Å². The number of aromatic nitrogens is 3. The van der Waals surface area contributed by atoms with Crippen LogP contribution in [0.4, 0.5) is 23.1 Å². The van der Waals surface area contributed by atoms with Crippen molar-refractivity contribution in [2.75, 3.05) is 10.7 Å². The van der Waals surface area contributed by atoms with Gasteiger partial charge in [-0.05, 0) is 30.2 Å². The normalized spacial score (nSPS) is 10.5. The highest BCUT2D eigenvalue weighted by Crippen LogP contribution is 2.31. The zero-order valence-electron chi connectivity index (χ0n) is 18.2. The smallest absolute Gasteiger partial charge is 0.319 e. The number of aryl methyl sites for hydroxylation is 1. The van der Waals surface area contributed by atoms with Crippen LogP contribution in [-0.4, -0.2) is 25.8 Å². The van der Waals surface area contributed by atoms with E-state index in [1.54, 1.807) is 25.1 Å². The molecule has 170 valence electrons. The average molecular weight is 455 g/mol. The molecule has 0 fully saturated rings. The standard InChI is InChI=1S/C24H21N7O3/c1-16-9-8-14-19(27-16)28-22-21(31(33)34)23(26-15-25-22)29-30-24(32)20(17-10-4-2-5-11-17)18-12-6-3-7-13-18/h2-15,20H,1H3,(H,30,32)(H2,25,26,27,28,29). The molecule has 2 heterocycles. The summed E-state index contributed by atoms with van der Waals surface area (Å²) in [7, 11) is 0. The predicted molar refractivity (Wildman–Crippen MR) is 127 cm³/mol. The van der Waals surface area contributed by atoms with E-state index in [0.717, 1.165) is 23.1 Å². The van der Waals surface area contributed by atoms with Crippen LogP contribution in [-0.2, 0) is 4.79 Å². The summed E-state index contributed by atoms with van der Waals surface area (Å²) in [6, 6.07) is 23.7. The first-order chi connectivity index (χ1) is 16.5. The Morgan fingerprint density at radius 1 is 0.882 bits per heavy atom. The van der Waals surface area contributed by atoms with Crippen LogP contribution in [0.5, 0.6) is 0 Å². The monoisotopic (exact) mass is 455 g/mol. The zero-order chi connectivity index (χ0) is 23.9. The average Bonchev–Trinajstić information content (AvgIpc) is 2.84. The van der Waals surface area contributed by atoms with Gasteiger partial charge in [0.15, 0.2) is 0 Å². The molecule has 0 bridgehead atoms. The Labute approximate surface area is 195 Å². The van der Waals surface area contributed by atoms with Gasteiger partial charge in [0.1, 0.15) is 12.1 Å². The highest BCUT2D eigenvalue weighted by Gasteiger charge is 2.26. The lowest BCUT2D eigenvalue weighted by Gasteiger charge is -2.18. The van der Waals surface area contributed by atoms with Crippen molar-refractivity contribution in [1.82, 2.24) is 20.4 Å². The Bertz CT molecular complexity index is 1260. The highest BCUT2D eigenvalue weighted by molar-refractivity contribution is 5.88. The number of hydrogen-bond donors (Lipinski definition) is 3. The number of pyridine rings is 1. The van der Waals surface area contributed by atoms with Crippen LogP contribution in [0.1, 0.15) is 22.7 Å². The molecule has 0 aliphatic carbocycles. The SMILES string of the molecule is Cc1cccc(Nc2ncnc(NNC(=O)C(c3ccccc3)c3ccccc3)c2[N+](=O)[O-])n1. The third-order valence-electron chi connectivity index (χ3n) is 4.97. The molecule has 0 spiro atoms. The summed E-state index contributed by atoms with van der Waals surface area (Å²) in [5.74, 6) is -0.865. The number of amides is 1. The summed E-state index contributed by atoms with van der Waals surface area (Å²) >= 11 is 0. The molecule has 0 unspecified atom stereocenters. The summed E-state index contributed by atoms with van der Waals surface area (Å²) in [6.45, 7) is 1.80. The highest BCUT2D eigenvalue weighted by atomic mass is 16.6. The van der Waals surface area contributed by atoms with Gasteiger partial charge in [0.25, 0.3) is 0 Å². The van der Waals surface area contributed by atoms with Gasteiger partial charge in [0, 0.05) is 5.69 Å². The second kappa shape index (κ2) is 10.2. The van der Waals surface area contributed by atoms with Crippen molar-refractivity contribution in [3.05, 3.63) is 112 Å². The number of benzene rings is 2. The molecule has 10 nitrogen and oxygen atoms in total. The maximum Gasteiger partial charge on any atom is 0.355 e. The Morgan fingerprint density at radius 2 is 1.50 bits per heavy atom. The molecule has 2 aromatic heterocycles. The number of rotatable bonds is 8. The van der Waals surface area contributed by atoms with E-state index in [9.17, 15) is 14.9 Å². The number of hydrazine groups is 1. The minimum atomic E-state index is -0.634. The second-order valence-corrected chi connectivity index (χ2v) is 7.33. The van der Waals surface area contributed by atoms with Crippen molar-refractivity contribution >= 4 is 29.0 Å². The van der Waals surface area contributed by atoms with Crippen molar-refractivity contribution in [2.45, 2.75) is 12.8 Å². The van der Waals surface area contributed by atoms with E-state index in [1.807, 2.05) is 60.7 Å². The first-order valence-corrected chi connectivity index (χ1v) is 10.4. The number of hydrogen-bond acceptors (Lipinski definition) is 8. The van der Waals surface area contributed by atoms with Gasteiger partial charge < -0.3 is 5.32 Å². The molecule has 0 aliphatic rings. The van der Waals surface area contributed by atoms with Crippen molar-refractivity contribution < 1.29 is 9.72 Å². The third-order valence-corrected chi connectivity index (χ3v) is 4.97. The molecular formula is C24H21N7O3. The van der Waals surface area contributed by atoms with E-state index in [2.05, 4.69) is 31.1 Å². The first kappa shape index (κ1) is 22.3. The van der Waals surface area contributed by atoms with Crippen LogP contribution >= 0.6 is 0 Å². The quantitative estimate of drug-likeness (QED) is 0.267. The Morgan fingerprint density at radius 3 is 2.09 bits per heavy atom. The Balaban J connectivity index is 1.59. The summed E-state index contributed by atoms with van der Waals surface area (Å²) in [4.78, 5) is 36.6. The van der Waals surface area contributed by atoms with Crippen LogP contribution in [0.25, 0.3) is 0 Å². The second-order valence-electron chi connectivity index (χ2n) is 7.33. The van der Waals surface area contributed by atoms with E-state index in [1.165, 1.54) is 0 Å². The van der Waals surface area contributed by atoms with Gasteiger partial charge in [0.2, 0.25) is 17.5 Å². The molecule has 0 radical (unpaired) electrons. The topological polar surface area (TPSA) is 135 Å². The number of anilines is 3. The minimum Gasteiger partial charge on any atom is -0.319 e. The molecule has 2 aromatic carbocycles. The molecule has 3 N–H and O–H groups in total. The molecule has 0 saturated carbocycles. The molecule has 10 heteroatoms. The number of nitrogens with zero attached hydrogens (tertiary/aromatic N) is 4. The number of carbonyl (C=O) groups is 1. The molecule has 1 amide bonds. The fourth-order valence-corrected chi connectivity index (χ4v) is 3.45. The van der Waals surface area contributed by atoms with Crippen LogP contribution in [0.2, 0.25) is 0 Å². The van der Waals surface area contributed by atoms with Gasteiger partial charge >= 0.3 is 5.69 Å². The van der Waals surface area contributed by atoms with Gasteiger partial charge in [-0.25, -0.2) is 15.0 Å². The molecule has 0 aliphatic heterocycles. The summed E-state index contributed by atoms with van der Waals surface area (Å²) in [6.07, 6.45) is 1.16. The van der Waals surface area contributed by atoms with Gasteiger partial charge in [-0.1, -0.05) is 66.7 Å². The van der Waals surface area contributed by atoms with Crippen molar-refractivity contribution in [3.63, 3.8) is 0 Å². The lowest BCUT2D eigenvalue weighted by molar-refractivity contribution is -0.383. The molecular weight excluding hydrogens is 434 g/mol. The van der Waals surface area contributed by atoms with Gasteiger partial charge in [-0.3, -0.25) is 25.8 Å². The first-order valence-electron chi connectivity index (χ1n) is 10.4. The van der Waals surface area contributed by atoms with Crippen LogP contribution in [0.3, 0.4) is 0 Å². The molecule has 0 atom stereocenters. The number of nitro groups is 1. The molecule has 0 saturated heterocycles. The third kappa shape index (κ3) is 5.13. The molecule has 34 heavy (non-hydrogen) atoms. The summed E-state index contributed by atoms with van der Waals surface area (Å²) in [5, 5.41) is 14.7. The fourth-order valence-electron chi connectivity index (χ4n) is 3.45. The van der Waals surface area contributed by atoms with Gasteiger partial charge in [-0.15, -0.1) is 0 Å². The minimum absolute atomic E-state index is 0.0579. The van der Waals surface area contributed by atoms with E-state index >= 15 is 0 Å². The maximum absolute atomic E-state index is 13.2. The van der Waals surface area contributed by atoms with Crippen molar-refractivity contribution in [3.8, 4) is 0 Å². The molecule has 4 rings (SSSR count). The Hall–Kier alpha value is -4.86. The number of carbonyl (C=O) groups excluding carboxylic acids is 1. The lowest BCUT2D eigenvalue weighted by Crippen LogP contribution is -2.35. The van der Waals surface area contributed by atoms with Gasteiger partial charge in [-0.2, -0.15) is 0 Å².